The Balaban J connectivity index is 2.02. The predicted octanol–water partition coefficient (Wildman–Crippen LogP) is 5.80. The number of hydrogen-bond acceptors (Lipinski definition) is 2. The smallest absolute Gasteiger partial charge is 0.260 e. The first-order valence-corrected chi connectivity index (χ1v) is 12.1. The maximum Gasteiger partial charge on any atom is 0.260 e. The highest BCUT2D eigenvalue weighted by Crippen LogP contribution is 2.33. The third-order valence-electron chi connectivity index (χ3n) is 5.83. The molecule has 160 valence electrons. The molecule has 1 saturated carbocycles. The third-order valence-corrected chi connectivity index (χ3v) is 6.77. The molecule has 0 spiro atoms. The van der Waals surface area contributed by atoms with Gasteiger partial charge in [0.2, 0.25) is 5.91 Å². The Kier molecular flexibility index (Phi) is 8.73. The van der Waals surface area contributed by atoms with E-state index in [-0.39, 0.29) is 17.7 Å². The van der Waals surface area contributed by atoms with Crippen molar-refractivity contribution >= 4 is 40.1 Å². The van der Waals surface area contributed by atoms with E-state index in [4.69, 9.17) is 0 Å². The van der Waals surface area contributed by atoms with Crippen LogP contribution in [0.4, 0.5) is 5.69 Å². The molecule has 0 saturated heterocycles. The third kappa shape index (κ3) is 5.62. The number of rotatable bonds is 8. The number of amides is 2. The summed E-state index contributed by atoms with van der Waals surface area (Å²) < 4.78 is 0.898. The Bertz CT molecular complexity index is 834. The fourth-order valence-electron chi connectivity index (χ4n) is 4.24. The van der Waals surface area contributed by atoms with Gasteiger partial charge in [-0.05, 0) is 72.0 Å². The van der Waals surface area contributed by atoms with Crippen molar-refractivity contribution in [2.75, 3.05) is 11.4 Å². The first-order valence-electron chi connectivity index (χ1n) is 11.0. The monoisotopic (exact) mass is 518 g/mol. The summed E-state index contributed by atoms with van der Waals surface area (Å²) in [6.07, 6.45) is 7.36. The molecule has 2 aromatic rings. The molecule has 3 rings (SSSR count). The summed E-state index contributed by atoms with van der Waals surface area (Å²) in [7, 11) is 0. The van der Waals surface area contributed by atoms with Gasteiger partial charge in [0.15, 0.2) is 0 Å². The van der Waals surface area contributed by atoms with Crippen LogP contribution in [0.15, 0.2) is 54.6 Å². The summed E-state index contributed by atoms with van der Waals surface area (Å²) in [5.74, 6) is 0.0387. The highest BCUT2D eigenvalue weighted by atomic mass is 127. The number of anilines is 1. The summed E-state index contributed by atoms with van der Waals surface area (Å²) in [5, 5.41) is 3.12. The van der Waals surface area contributed by atoms with Gasteiger partial charge < -0.3 is 5.32 Å². The number of hydrogen-bond donors (Lipinski definition) is 1. The molecule has 30 heavy (non-hydrogen) atoms. The molecule has 0 aromatic heterocycles. The lowest BCUT2D eigenvalue weighted by atomic mass is 9.82. The normalized spacial score (nSPS) is 15.4. The number of carbonyl (C=O) groups excluding carboxylic acids is 2. The van der Waals surface area contributed by atoms with E-state index in [1.807, 2.05) is 54.6 Å². The maximum atomic E-state index is 13.8. The van der Waals surface area contributed by atoms with Crippen LogP contribution in [0.1, 0.15) is 62.2 Å². The summed E-state index contributed by atoms with van der Waals surface area (Å²) >= 11 is 2.20. The van der Waals surface area contributed by atoms with Gasteiger partial charge in [0.05, 0.1) is 5.56 Å². The van der Waals surface area contributed by atoms with Crippen molar-refractivity contribution in [2.24, 2.45) is 5.92 Å². The van der Waals surface area contributed by atoms with Gasteiger partial charge in [-0.1, -0.05) is 62.9 Å². The molecule has 1 aliphatic carbocycles. The van der Waals surface area contributed by atoms with Crippen molar-refractivity contribution in [3.05, 3.63) is 63.7 Å². The van der Waals surface area contributed by atoms with Gasteiger partial charge in [-0.15, -0.1) is 0 Å². The van der Waals surface area contributed by atoms with Gasteiger partial charge in [-0.25, -0.2) is 0 Å². The molecule has 1 N–H and O–H groups in total. The molecule has 0 heterocycles. The highest BCUT2D eigenvalue weighted by Gasteiger charge is 2.38. The zero-order valence-electron chi connectivity index (χ0n) is 17.6. The molecule has 2 aromatic carbocycles. The summed E-state index contributed by atoms with van der Waals surface area (Å²) in [5.41, 5.74) is 1.42. The second-order valence-corrected chi connectivity index (χ2v) is 9.14. The Labute approximate surface area is 193 Å². The van der Waals surface area contributed by atoms with E-state index >= 15 is 0 Å². The zero-order chi connectivity index (χ0) is 21.3. The number of carbonyl (C=O) groups is 2. The maximum absolute atomic E-state index is 13.8. The Morgan fingerprint density at radius 2 is 1.70 bits per heavy atom. The fourth-order valence-corrected chi connectivity index (χ4v) is 4.86. The van der Waals surface area contributed by atoms with E-state index in [0.717, 1.165) is 47.8 Å². The molecule has 1 aliphatic rings. The van der Waals surface area contributed by atoms with Gasteiger partial charge in [-0.3, -0.25) is 14.5 Å². The molecule has 0 aliphatic heterocycles. The van der Waals surface area contributed by atoms with Crippen molar-refractivity contribution in [1.82, 2.24) is 5.32 Å². The van der Waals surface area contributed by atoms with E-state index in [1.54, 1.807) is 4.90 Å². The predicted molar refractivity (Wildman–Crippen MR) is 131 cm³/mol. The van der Waals surface area contributed by atoms with Crippen molar-refractivity contribution in [2.45, 2.75) is 57.9 Å². The lowest BCUT2D eigenvalue weighted by Crippen LogP contribution is -2.54. The van der Waals surface area contributed by atoms with Crippen LogP contribution in [0.25, 0.3) is 0 Å². The molecule has 5 heteroatoms. The Hall–Kier alpha value is -1.89. The van der Waals surface area contributed by atoms with Crippen molar-refractivity contribution in [3.63, 3.8) is 0 Å². The van der Waals surface area contributed by atoms with Crippen LogP contribution in [0.5, 0.6) is 0 Å². The summed E-state index contributed by atoms with van der Waals surface area (Å²) in [6.45, 7) is 2.76. The van der Waals surface area contributed by atoms with Crippen LogP contribution < -0.4 is 10.2 Å². The number of halogens is 1. The van der Waals surface area contributed by atoms with Gasteiger partial charge in [0, 0.05) is 15.8 Å². The van der Waals surface area contributed by atoms with Crippen molar-refractivity contribution in [3.8, 4) is 0 Å². The molecule has 1 fully saturated rings. The first-order chi connectivity index (χ1) is 14.6. The lowest BCUT2D eigenvalue weighted by Gasteiger charge is -2.38. The molecule has 1 atom stereocenters. The molecule has 2 amide bonds. The van der Waals surface area contributed by atoms with Crippen LogP contribution in [0.2, 0.25) is 0 Å². The van der Waals surface area contributed by atoms with Gasteiger partial charge in [0.25, 0.3) is 5.91 Å². The van der Waals surface area contributed by atoms with Crippen LogP contribution in [0.3, 0.4) is 0 Å². The zero-order valence-corrected chi connectivity index (χ0v) is 19.8. The number of para-hydroxylation sites is 1. The molecular weight excluding hydrogens is 487 g/mol. The number of nitrogens with zero attached hydrogens (tertiary/aromatic N) is 1. The van der Waals surface area contributed by atoms with E-state index < -0.39 is 6.04 Å². The molecule has 4 nitrogen and oxygen atoms in total. The van der Waals surface area contributed by atoms with Gasteiger partial charge in [0.1, 0.15) is 6.04 Å². The quantitative estimate of drug-likeness (QED) is 0.355. The van der Waals surface area contributed by atoms with Gasteiger partial charge >= 0.3 is 0 Å². The van der Waals surface area contributed by atoms with Crippen LogP contribution >= 0.6 is 22.6 Å². The second kappa shape index (κ2) is 11.5. The highest BCUT2D eigenvalue weighted by molar-refractivity contribution is 14.1. The van der Waals surface area contributed by atoms with Crippen molar-refractivity contribution < 1.29 is 9.59 Å². The number of nitrogens with one attached hydrogen (secondary N) is 1. The topological polar surface area (TPSA) is 49.4 Å². The minimum absolute atomic E-state index is 0.0292. The Morgan fingerprint density at radius 1 is 1.03 bits per heavy atom. The number of benzene rings is 2. The van der Waals surface area contributed by atoms with E-state index in [1.165, 1.54) is 6.42 Å². The summed E-state index contributed by atoms with van der Waals surface area (Å²) in [4.78, 5) is 29.0. The standard InChI is InChI=1S/C25H31IN2O2/c1-2-3-18-27-24(29)23(19-12-6-4-7-13-19)28(20-14-8-5-9-15-20)25(30)21-16-10-11-17-22(21)26/h5,8-11,14-17,19,23H,2-4,6-7,12-13,18H2,1H3,(H,27,29). The molecular formula is C25H31IN2O2. The number of unbranched alkanes of at least 4 members (excludes halogenated alkanes) is 1. The molecule has 0 bridgehead atoms. The largest absolute Gasteiger partial charge is 0.354 e. The van der Waals surface area contributed by atoms with Crippen molar-refractivity contribution in [1.29, 1.82) is 0 Å². The average molecular weight is 518 g/mol. The van der Waals surface area contributed by atoms with Crippen LogP contribution in [-0.4, -0.2) is 24.4 Å². The van der Waals surface area contributed by atoms with Crippen LogP contribution in [0, 0.1) is 9.49 Å². The van der Waals surface area contributed by atoms with E-state index in [0.29, 0.717) is 12.1 Å². The minimum atomic E-state index is -0.493. The molecule has 1 unspecified atom stereocenters. The fraction of sp³-hybridized carbons (Fsp3) is 0.440. The average Bonchev–Trinajstić information content (AvgIpc) is 2.78. The minimum Gasteiger partial charge on any atom is -0.354 e. The van der Waals surface area contributed by atoms with E-state index in [2.05, 4.69) is 34.8 Å². The lowest BCUT2D eigenvalue weighted by molar-refractivity contribution is -0.123. The second-order valence-electron chi connectivity index (χ2n) is 7.98. The SMILES string of the molecule is CCCCNC(=O)C(C1CCCCC1)N(C(=O)c1ccccc1I)c1ccccc1. The Morgan fingerprint density at radius 3 is 2.37 bits per heavy atom. The molecule has 0 radical (unpaired) electrons. The van der Waals surface area contributed by atoms with E-state index in [9.17, 15) is 9.59 Å². The summed E-state index contributed by atoms with van der Waals surface area (Å²) in [6, 6.07) is 16.8. The first kappa shape index (κ1) is 22.8. The van der Waals surface area contributed by atoms with Gasteiger partial charge in [-0.2, -0.15) is 0 Å². The van der Waals surface area contributed by atoms with Crippen LogP contribution in [-0.2, 0) is 4.79 Å².